The molecule has 3 nitrogen and oxygen atoms in total. The van der Waals surface area contributed by atoms with E-state index in [-0.39, 0.29) is 11.5 Å². The predicted octanol–water partition coefficient (Wildman–Crippen LogP) is 3.45. The highest BCUT2D eigenvalue weighted by molar-refractivity contribution is 5.75. The van der Waals surface area contributed by atoms with Crippen molar-refractivity contribution in [2.75, 3.05) is 0 Å². The second-order valence-corrected chi connectivity index (χ2v) is 7.92. The van der Waals surface area contributed by atoms with E-state index in [1.165, 1.54) is 24.8 Å². The van der Waals surface area contributed by atoms with Gasteiger partial charge in [-0.3, -0.25) is 10.1 Å². The van der Waals surface area contributed by atoms with E-state index in [1.54, 1.807) is 0 Å². The van der Waals surface area contributed by atoms with Gasteiger partial charge in [0.05, 0.1) is 0 Å². The highest BCUT2D eigenvalue weighted by Gasteiger charge is 2.55. The summed E-state index contributed by atoms with van der Waals surface area (Å²) in [5.41, 5.74) is 1.17. The van der Waals surface area contributed by atoms with Crippen LogP contribution in [-0.2, 0) is 11.3 Å². The first-order valence-corrected chi connectivity index (χ1v) is 8.65. The van der Waals surface area contributed by atoms with Crippen LogP contribution in [0.1, 0.15) is 44.1 Å². The fourth-order valence-corrected chi connectivity index (χ4v) is 5.91. The van der Waals surface area contributed by atoms with Gasteiger partial charge in [-0.1, -0.05) is 30.3 Å². The Labute approximate surface area is 132 Å². The summed E-state index contributed by atoms with van der Waals surface area (Å²) in [6.07, 6.45) is 7.42. The first-order valence-electron chi connectivity index (χ1n) is 8.65. The van der Waals surface area contributed by atoms with Crippen LogP contribution in [0.5, 0.6) is 0 Å². The monoisotopic (exact) mass is 299 g/mol. The minimum Gasteiger partial charge on any atom is -0.480 e. The van der Waals surface area contributed by atoms with Crippen molar-refractivity contribution in [1.82, 2.24) is 5.32 Å². The van der Waals surface area contributed by atoms with Crippen molar-refractivity contribution in [2.24, 2.45) is 23.2 Å². The van der Waals surface area contributed by atoms with Gasteiger partial charge < -0.3 is 5.11 Å². The molecule has 1 aromatic rings. The second-order valence-electron chi connectivity index (χ2n) is 7.92. The summed E-state index contributed by atoms with van der Waals surface area (Å²) in [5.74, 6) is 1.70. The molecule has 0 saturated heterocycles. The minimum atomic E-state index is -0.655. The van der Waals surface area contributed by atoms with E-state index in [1.807, 2.05) is 18.2 Å². The van der Waals surface area contributed by atoms with Crippen LogP contribution in [0.4, 0.5) is 0 Å². The zero-order valence-electron chi connectivity index (χ0n) is 13.0. The normalized spacial score (nSPS) is 37.2. The topological polar surface area (TPSA) is 49.3 Å². The summed E-state index contributed by atoms with van der Waals surface area (Å²) in [5, 5.41) is 13.2. The van der Waals surface area contributed by atoms with Gasteiger partial charge in [0.25, 0.3) is 0 Å². The molecule has 118 valence electrons. The average Bonchev–Trinajstić information content (AvgIpc) is 2.46. The summed E-state index contributed by atoms with van der Waals surface area (Å²) in [6, 6.07) is 9.75. The second kappa shape index (κ2) is 5.38. The molecular formula is C19H25NO2. The Morgan fingerprint density at radius 3 is 2.14 bits per heavy atom. The zero-order chi connectivity index (χ0) is 15.2. The molecule has 0 aromatic heterocycles. The third kappa shape index (κ3) is 2.45. The summed E-state index contributed by atoms with van der Waals surface area (Å²) >= 11 is 0. The fraction of sp³-hybridized carbons (Fsp3) is 0.632. The van der Waals surface area contributed by atoms with Crippen LogP contribution in [0.3, 0.4) is 0 Å². The first kappa shape index (κ1) is 14.3. The number of benzene rings is 1. The van der Waals surface area contributed by atoms with Crippen molar-refractivity contribution in [2.45, 2.75) is 51.1 Å². The van der Waals surface area contributed by atoms with Crippen LogP contribution in [-0.4, -0.2) is 17.1 Å². The number of nitrogens with one attached hydrogen (secondary N) is 1. The molecule has 0 heterocycles. The van der Waals surface area contributed by atoms with E-state index in [4.69, 9.17) is 0 Å². The largest absolute Gasteiger partial charge is 0.480 e. The van der Waals surface area contributed by atoms with Gasteiger partial charge in [0.1, 0.15) is 6.04 Å². The molecule has 0 spiro atoms. The number of carboxylic acid groups (broad SMARTS) is 1. The fourth-order valence-electron chi connectivity index (χ4n) is 5.91. The summed E-state index contributed by atoms with van der Waals surface area (Å²) in [7, 11) is 0. The Morgan fingerprint density at radius 1 is 1.09 bits per heavy atom. The molecule has 4 fully saturated rings. The standard InChI is InChI=1S/C19H25NO2/c21-18(22)17(20-12-13-4-2-1-3-5-13)19-9-14-6-15(10-19)8-16(7-14)11-19/h1-5,14-17,20H,6-12H2,(H,21,22). The van der Waals surface area contributed by atoms with E-state index < -0.39 is 5.97 Å². The SMILES string of the molecule is O=C(O)C(NCc1ccccc1)C12CC3CC(CC(C3)C1)C2. The summed E-state index contributed by atoms with van der Waals surface area (Å²) in [6.45, 7) is 0.652. The number of carboxylic acids is 1. The van der Waals surface area contributed by atoms with Crippen molar-refractivity contribution < 1.29 is 9.90 Å². The van der Waals surface area contributed by atoms with Gasteiger partial charge in [-0.2, -0.15) is 0 Å². The van der Waals surface area contributed by atoms with Crippen molar-refractivity contribution in [3.05, 3.63) is 35.9 Å². The first-order chi connectivity index (χ1) is 10.6. The molecule has 5 rings (SSSR count). The maximum absolute atomic E-state index is 12.0. The zero-order valence-corrected chi connectivity index (χ0v) is 13.0. The minimum absolute atomic E-state index is 0.00929. The molecule has 1 unspecified atom stereocenters. The van der Waals surface area contributed by atoms with Gasteiger partial charge >= 0.3 is 5.97 Å². The Kier molecular flexibility index (Phi) is 3.48. The van der Waals surface area contributed by atoms with Crippen molar-refractivity contribution in [3.8, 4) is 0 Å². The van der Waals surface area contributed by atoms with Gasteiger partial charge in [-0.05, 0) is 67.3 Å². The van der Waals surface area contributed by atoms with E-state index in [2.05, 4.69) is 17.4 Å². The molecule has 1 aromatic carbocycles. The van der Waals surface area contributed by atoms with Crippen LogP contribution >= 0.6 is 0 Å². The lowest BCUT2D eigenvalue weighted by atomic mass is 9.47. The van der Waals surface area contributed by atoms with Gasteiger partial charge in [0.2, 0.25) is 0 Å². The maximum atomic E-state index is 12.0. The molecular weight excluding hydrogens is 274 g/mol. The van der Waals surface area contributed by atoms with Gasteiger partial charge in [0.15, 0.2) is 0 Å². The van der Waals surface area contributed by atoms with E-state index in [0.717, 1.165) is 37.0 Å². The van der Waals surface area contributed by atoms with Gasteiger partial charge in [0, 0.05) is 6.54 Å². The number of hydrogen-bond acceptors (Lipinski definition) is 2. The molecule has 1 atom stereocenters. The molecule has 4 bridgehead atoms. The van der Waals surface area contributed by atoms with Crippen molar-refractivity contribution in [1.29, 1.82) is 0 Å². The van der Waals surface area contributed by atoms with Gasteiger partial charge in [-0.25, -0.2) is 0 Å². The third-order valence-electron chi connectivity index (χ3n) is 6.30. The molecule has 3 heteroatoms. The number of rotatable bonds is 5. The van der Waals surface area contributed by atoms with E-state index in [9.17, 15) is 9.90 Å². The van der Waals surface area contributed by atoms with E-state index in [0.29, 0.717) is 6.54 Å². The molecule has 2 N–H and O–H groups in total. The third-order valence-corrected chi connectivity index (χ3v) is 6.30. The summed E-state index contributed by atoms with van der Waals surface area (Å²) in [4.78, 5) is 12.0. The lowest BCUT2D eigenvalue weighted by Crippen LogP contribution is -2.58. The van der Waals surface area contributed by atoms with Gasteiger partial charge in [-0.15, -0.1) is 0 Å². The average molecular weight is 299 g/mol. The number of carbonyl (C=O) groups is 1. The maximum Gasteiger partial charge on any atom is 0.321 e. The quantitative estimate of drug-likeness (QED) is 0.875. The highest BCUT2D eigenvalue weighted by atomic mass is 16.4. The van der Waals surface area contributed by atoms with Crippen LogP contribution in [0, 0.1) is 23.2 Å². The molecule has 4 aliphatic rings. The summed E-state index contributed by atoms with van der Waals surface area (Å²) < 4.78 is 0. The highest BCUT2D eigenvalue weighted by Crippen LogP contribution is 2.61. The van der Waals surface area contributed by atoms with Crippen LogP contribution in [0.25, 0.3) is 0 Å². The van der Waals surface area contributed by atoms with Crippen molar-refractivity contribution in [3.63, 3.8) is 0 Å². The molecule has 0 radical (unpaired) electrons. The molecule has 22 heavy (non-hydrogen) atoms. The molecule has 4 saturated carbocycles. The Morgan fingerprint density at radius 2 is 1.64 bits per heavy atom. The molecule has 4 aliphatic carbocycles. The number of aliphatic carboxylic acids is 1. The van der Waals surface area contributed by atoms with E-state index >= 15 is 0 Å². The lowest BCUT2D eigenvalue weighted by Gasteiger charge is -2.58. The lowest BCUT2D eigenvalue weighted by molar-refractivity contribution is -0.151. The molecule has 0 amide bonds. The van der Waals surface area contributed by atoms with Crippen molar-refractivity contribution >= 4 is 5.97 Å². The number of hydrogen-bond donors (Lipinski definition) is 2. The smallest absolute Gasteiger partial charge is 0.321 e. The van der Waals surface area contributed by atoms with Crippen LogP contribution in [0.15, 0.2) is 30.3 Å². The molecule has 0 aliphatic heterocycles. The Balaban J connectivity index is 1.53. The van der Waals surface area contributed by atoms with Crippen LogP contribution < -0.4 is 5.32 Å². The Bertz CT molecular complexity index is 519. The Hall–Kier alpha value is -1.35. The predicted molar refractivity (Wildman–Crippen MR) is 85.3 cm³/mol. The van der Waals surface area contributed by atoms with Crippen LogP contribution in [0.2, 0.25) is 0 Å².